The first kappa shape index (κ1) is 20.2. The third kappa shape index (κ3) is 4.02. The van der Waals surface area contributed by atoms with Crippen molar-refractivity contribution in [3.63, 3.8) is 0 Å². The molecule has 1 aliphatic heterocycles. The number of non-ortho nitro benzene ring substituents is 1. The van der Waals surface area contributed by atoms with Crippen LogP contribution in [0.15, 0.2) is 60.2 Å². The molecule has 0 aromatic heterocycles. The molecule has 1 fully saturated rings. The van der Waals surface area contributed by atoms with Crippen molar-refractivity contribution < 1.29 is 24.5 Å². The molecule has 1 unspecified atom stereocenters. The molecule has 8 heteroatoms. The van der Waals surface area contributed by atoms with E-state index >= 15 is 0 Å². The van der Waals surface area contributed by atoms with E-state index < -0.39 is 28.4 Å². The lowest BCUT2D eigenvalue weighted by Gasteiger charge is -2.27. The summed E-state index contributed by atoms with van der Waals surface area (Å²) in [6.45, 7) is 0.795. The van der Waals surface area contributed by atoms with Crippen LogP contribution in [0.4, 0.5) is 5.69 Å². The van der Waals surface area contributed by atoms with Crippen LogP contribution in [0.25, 0.3) is 5.76 Å². The number of nitro benzene ring substituents is 1. The molecule has 1 aliphatic rings. The molecule has 1 N–H and O–H groups in total. The number of amides is 1. The van der Waals surface area contributed by atoms with Gasteiger partial charge in [-0.1, -0.05) is 48.2 Å². The summed E-state index contributed by atoms with van der Waals surface area (Å²) in [6, 6.07) is 13.0. The molecule has 1 saturated heterocycles. The van der Waals surface area contributed by atoms with Crippen LogP contribution in [0.5, 0.6) is 0 Å². The van der Waals surface area contributed by atoms with Crippen molar-refractivity contribution in [1.82, 2.24) is 4.90 Å². The van der Waals surface area contributed by atoms with Gasteiger partial charge in [0.2, 0.25) is 5.78 Å². The standard InChI is InChI=1S/C21H21N3O5/c1-22(2)11-12-23-18(15-9-6-10-16(13-15)24(28)29)17(20(26)21(23)27)19(25)14-7-4-3-5-8-14/h3-10,13,18,25H,11-12H2,1-2H3. The third-order valence-corrected chi connectivity index (χ3v) is 4.81. The highest BCUT2D eigenvalue weighted by atomic mass is 16.6. The number of hydrogen-bond donors (Lipinski definition) is 1. The first-order valence-electron chi connectivity index (χ1n) is 9.16. The minimum atomic E-state index is -0.957. The van der Waals surface area contributed by atoms with E-state index in [0.717, 1.165) is 4.90 Å². The van der Waals surface area contributed by atoms with Gasteiger partial charge < -0.3 is 14.9 Å². The lowest BCUT2D eigenvalue weighted by molar-refractivity contribution is -0.857. The van der Waals surface area contributed by atoms with Crippen LogP contribution in [0.1, 0.15) is 17.2 Å². The van der Waals surface area contributed by atoms with E-state index in [1.807, 2.05) is 14.1 Å². The summed E-state index contributed by atoms with van der Waals surface area (Å²) in [5.41, 5.74) is 0.319. The average Bonchev–Trinajstić information content (AvgIpc) is 2.97. The number of Topliss-reactive ketones (excluding diaryl/α,β-unsaturated/α-hetero) is 1. The van der Waals surface area contributed by atoms with Gasteiger partial charge >= 0.3 is 0 Å². The lowest BCUT2D eigenvalue weighted by atomic mass is 9.95. The zero-order chi connectivity index (χ0) is 21.1. The molecule has 0 aliphatic carbocycles. The number of nitrogens with one attached hydrogen (secondary N) is 1. The third-order valence-electron chi connectivity index (χ3n) is 4.81. The molecule has 1 amide bonds. The number of ketones is 1. The molecule has 3 rings (SSSR count). The second kappa shape index (κ2) is 8.24. The number of quaternary nitrogens is 1. The zero-order valence-electron chi connectivity index (χ0n) is 16.1. The van der Waals surface area contributed by atoms with Crippen molar-refractivity contribution in [2.24, 2.45) is 0 Å². The topological polar surface area (TPSA) is 108 Å². The maximum Gasteiger partial charge on any atom is 0.295 e. The predicted octanol–water partition coefficient (Wildman–Crippen LogP) is -0.0367. The van der Waals surface area contributed by atoms with E-state index in [-0.39, 0.29) is 17.8 Å². The Hall–Kier alpha value is -3.52. The van der Waals surface area contributed by atoms with E-state index in [1.165, 1.54) is 23.1 Å². The maximum absolute atomic E-state index is 13.1. The minimum Gasteiger partial charge on any atom is -0.872 e. The van der Waals surface area contributed by atoms with E-state index in [9.17, 15) is 24.8 Å². The Labute approximate surface area is 167 Å². The summed E-state index contributed by atoms with van der Waals surface area (Å²) in [7, 11) is 3.81. The van der Waals surface area contributed by atoms with E-state index in [4.69, 9.17) is 0 Å². The Kier molecular flexibility index (Phi) is 5.74. The molecule has 8 nitrogen and oxygen atoms in total. The number of nitrogens with zero attached hydrogens (tertiary/aromatic N) is 2. The SMILES string of the molecule is C[NH+](C)CCN1C(=O)C(=O)C(=C([O-])c2ccccc2)C1c1cccc([N+](=O)[O-])c1. The molecular formula is C21H21N3O5. The highest BCUT2D eigenvalue weighted by Gasteiger charge is 2.44. The van der Waals surface area contributed by atoms with Crippen molar-refractivity contribution in [2.45, 2.75) is 6.04 Å². The van der Waals surface area contributed by atoms with Gasteiger partial charge in [-0.15, -0.1) is 0 Å². The fraction of sp³-hybridized carbons (Fsp3) is 0.238. The van der Waals surface area contributed by atoms with Crippen LogP contribution < -0.4 is 10.0 Å². The van der Waals surface area contributed by atoms with Gasteiger partial charge in [0.1, 0.15) is 0 Å². The Bertz CT molecular complexity index is 985. The maximum atomic E-state index is 13.1. The van der Waals surface area contributed by atoms with Gasteiger partial charge in [-0.25, -0.2) is 0 Å². The smallest absolute Gasteiger partial charge is 0.295 e. The molecule has 2 aromatic carbocycles. The Morgan fingerprint density at radius 3 is 2.41 bits per heavy atom. The van der Waals surface area contributed by atoms with Gasteiger partial charge in [-0.05, 0) is 11.1 Å². The first-order valence-corrected chi connectivity index (χ1v) is 9.16. The monoisotopic (exact) mass is 395 g/mol. The van der Waals surface area contributed by atoms with Crippen LogP contribution in [0.3, 0.4) is 0 Å². The Morgan fingerprint density at radius 1 is 1.10 bits per heavy atom. The molecular weight excluding hydrogens is 374 g/mol. The Balaban J connectivity index is 2.17. The molecule has 0 saturated carbocycles. The van der Waals surface area contributed by atoms with E-state index in [1.54, 1.807) is 36.4 Å². The lowest BCUT2D eigenvalue weighted by Crippen LogP contribution is -3.06. The molecule has 1 atom stereocenters. The largest absolute Gasteiger partial charge is 0.872 e. The first-order chi connectivity index (χ1) is 13.8. The number of nitro groups is 1. The molecule has 1 heterocycles. The predicted molar refractivity (Wildman–Crippen MR) is 104 cm³/mol. The summed E-state index contributed by atoms with van der Waals surface area (Å²) < 4.78 is 0. The Morgan fingerprint density at radius 2 is 1.79 bits per heavy atom. The van der Waals surface area contributed by atoms with Crippen LogP contribution in [-0.4, -0.2) is 48.7 Å². The molecule has 0 spiro atoms. The van der Waals surface area contributed by atoms with Crippen molar-refractivity contribution >= 4 is 23.1 Å². The second-order valence-corrected chi connectivity index (χ2v) is 7.15. The van der Waals surface area contributed by atoms with Crippen LogP contribution in [-0.2, 0) is 9.59 Å². The van der Waals surface area contributed by atoms with Crippen LogP contribution in [0, 0.1) is 10.1 Å². The quantitative estimate of drug-likeness (QED) is 0.243. The van der Waals surface area contributed by atoms with Crippen molar-refractivity contribution in [1.29, 1.82) is 0 Å². The van der Waals surface area contributed by atoms with Gasteiger partial charge in [0, 0.05) is 17.7 Å². The summed E-state index contributed by atoms with van der Waals surface area (Å²) in [5, 5.41) is 24.3. The molecule has 0 radical (unpaired) electrons. The number of carbonyl (C=O) groups is 2. The van der Waals surface area contributed by atoms with Gasteiger partial charge in [-0.2, -0.15) is 0 Å². The number of likely N-dealkylation sites (N-methyl/N-ethyl adjacent to an activating group) is 1. The van der Waals surface area contributed by atoms with E-state index in [2.05, 4.69) is 0 Å². The molecule has 150 valence electrons. The zero-order valence-corrected chi connectivity index (χ0v) is 16.1. The van der Waals surface area contributed by atoms with Crippen LogP contribution in [0.2, 0.25) is 0 Å². The average molecular weight is 395 g/mol. The fourth-order valence-electron chi connectivity index (χ4n) is 3.34. The number of benzene rings is 2. The highest BCUT2D eigenvalue weighted by molar-refractivity contribution is 6.46. The number of carbonyl (C=O) groups excluding carboxylic acids is 2. The van der Waals surface area contributed by atoms with Gasteiger partial charge in [0.25, 0.3) is 11.6 Å². The van der Waals surface area contributed by atoms with Gasteiger partial charge in [0.15, 0.2) is 0 Å². The molecule has 0 bridgehead atoms. The van der Waals surface area contributed by atoms with Crippen molar-refractivity contribution in [3.8, 4) is 0 Å². The summed E-state index contributed by atoms with van der Waals surface area (Å²) in [6.07, 6.45) is 0. The van der Waals surface area contributed by atoms with E-state index in [0.29, 0.717) is 17.7 Å². The minimum absolute atomic E-state index is 0.168. The van der Waals surface area contributed by atoms with Crippen LogP contribution >= 0.6 is 0 Å². The fourth-order valence-corrected chi connectivity index (χ4v) is 3.34. The number of hydrogen-bond acceptors (Lipinski definition) is 5. The highest BCUT2D eigenvalue weighted by Crippen LogP contribution is 2.39. The molecule has 29 heavy (non-hydrogen) atoms. The summed E-state index contributed by atoms with van der Waals surface area (Å²) >= 11 is 0. The normalized spacial score (nSPS) is 18.4. The second-order valence-electron chi connectivity index (χ2n) is 7.15. The summed E-state index contributed by atoms with van der Waals surface area (Å²) in [5.74, 6) is -2.16. The number of rotatable bonds is 6. The molecule has 2 aromatic rings. The number of likely N-dealkylation sites (tertiary alicyclic amines) is 1. The van der Waals surface area contributed by atoms with Crippen molar-refractivity contribution in [2.75, 3.05) is 27.2 Å². The summed E-state index contributed by atoms with van der Waals surface area (Å²) in [4.78, 5) is 38.6. The van der Waals surface area contributed by atoms with Crippen molar-refractivity contribution in [3.05, 3.63) is 81.4 Å². The van der Waals surface area contributed by atoms with Gasteiger partial charge in [-0.3, -0.25) is 19.7 Å². The van der Waals surface area contributed by atoms with Gasteiger partial charge in [0.05, 0.1) is 38.2 Å².